The molecule has 0 radical (unpaired) electrons. The van der Waals surface area contributed by atoms with Crippen LogP contribution in [-0.2, 0) is 6.54 Å². The quantitative estimate of drug-likeness (QED) is 0.642. The van der Waals surface area contributed by atoms with Crippen molar-refractivity contribution in [3.05, 3.63) is 52.8 Å². The third kappa shape index (κ3) is 2.53. The zero-order valence-corrected chi connectivity index (χ0v) is 12.1. The van der Waals surface area contributed by atoms with Gasteiger partial charge in [0.25, 0.3) is 0 Å². The average molecular weight is 307 g/mol. The molecule has 0 unspecified atom stereocenters. The number of benzene rings is 1. The molecule has 1 aromatic heterocycles. The molecule has 1 heterocycles. The third-order valence-corrected chi connectivity index (χ3v) is 3.47. The fraction of sp³-hybridized carbons (Fsp3) is 0.286. The maximum Gasteiger partial charge on any atom is 0.177 e. The summed E-state index contributed by atoms with van der Waals surface area (Å²) in [6, 6.07) is 10.1. The second-order valence-corrected chi connectivity index (χ2v) is 4.81. The molecule has 4 heteroatoms. The SMILES string of the molecule is Cc1nn(Cc2ccccc2)c(C)c1C(=O)CBr. The van der Waals surface area contributed by atoms with Gasteiger partial charge < -0.3 is 0 Å². The minimum absolute atomic E-state index is 0.0873. The minimum atomic E-state index is 0.0873. The van der Waals surface area contributed by atoms with Crippen LogP contribution in [0, 0.1) is 13.8 Å². The Morgan fingerprint density at radius 3 is 2.56 bits per heavy atom. The van der Waals surface area contributed by atoms with Gasteiger partial charge in [-0.25, -0.2) is 0 Å². The highest BCUT2D eigenvalue weighted by Crippen LogP contribution is 2.16. The van der Waals surface area contributed by atoms with Gasteiger partial charge >= 0.3 is 0 Å². The normalized spacial score (nSPS) is 10.6. The Hall–Kier alpha value is -1.42. The van der Waals surface area contributed by atoms with Crippen LogP contribution >= 0.6 is 15.9 Å². The lowest BCUT2D eigenvalue weighted by atomic mass is 10.1. The number of hydrogen-bond acceptors (Lipinski definition) is 2. The summed E-state index contributed by atoms with van der Waals surface area (Å²) in [5.74, 6) is 0.0873. The number of halogens is 1. The molecular formula is C14H15BrN2O. The Balaban J connectivity index is 2.33. The fourth-order valence-electron chi connectivity index (χ4n) is 2.08. The van der Waals surface area contributed by atoms with E-state index in [0.29, 0.717) is 11.9 Å². The van der Waals surface area contributed by atoms with E-state index in [1.807, 2.05) is 36.7 Å². The predicted molar refractivity (Wildman–Crippen MR) is 75.4 cm³/mol. The van der Waals surface area contributed by atoms with Crippen molar-refractivity contribution in [3.63, 3.8) is 0 Å². The molecule has 0 amide bonds. The van der Waals surface area contributed by atoms with Gasteiger partial charge in [0, 0.05) is 5.69 Å². The van der Waals surface area contributed by atoms with Crippen molar-refractivity contribution in [1.29, 1.82) is 0 Å². The third-order valence-electron chi connectivity index (χ3n) is 2.96. The molecule has 0 saturated heterocycles. The molecule has 0 N–H and O–H groups in total. The maximum absolute atomic E-state index is 11.8. The van der Waals surface area contributed by atoms with Crippen molar-refractivity contribution in [2.24, 2.45) is 0 Å². The van der Waals surface area contributed by atoms with Gasteiger partial charge in [-0.2, -0.15) is 5.10 Å². The number of ketones is 1. The largest absolute Gasteiger partial charge is 0.293 e. The van der Waals surface area contributed by atoms with Crippen molar-refractivity contribution in [3.8, 4) is 0 Å². The van der Waals surface area contributed by atoms with E-state index in [2.05, 4.69) is 33.2 Å². The van der Waals surface area contributed by atoms with Crippen molar-refractivity contribution >= 4 is 21.7 Å². The zero-order chi connectivity index (χ0) is 13.1. The summed E-state index contributed by atoms with van der Waals surface area (Å²) >= 11 is 3.21. The lowest BCUT2D eigenvalue weighted by Crippen LogP contribution is -2.06. The van der Waals surface area contributed by atoms with E-state index >= 15 is 0 Å². The second-order valence-electron chi connectivity index (χ2n) is 4.25. The molecule has 0 bridgehead atoms. The van der Waals surface area contributed by atoms with Crippen molar-refractivity contribution < 1.29 is 4.79 Å². The van der Waals surface area contributed by atoms with Gasteiger partial charge in [0.2, 0.25) is 0 Å². The molecule has 0 saturated carbocycles. The maximum atomic E-state index is 11.8. The molecular weight excluding hydrogens is 292 g/mol. The fourth-order valence-corrected chi connectivity index (χ4v) is 2.36. The van der Waals surface area contributed by atoms with E-state index in [1.54, 1.807) is 0 Å². The van der Waals surface area contributed by atoms with Crippen LogP contribution in [0.25, 0.3) is 0 Å². The number of nitrogens with zero attached hydrogens (tertiary/aromatic N) is 2. The molecule has 2 rings (SSSR count). The summed E-state index contributed by atoms with van der Waals surface area (Å²) in [5, 5.41) is 4.79. The Labute approximate surface area is 115 Å². The number of aryl methyl sites for hydroxylation is 1. The molecule has 0 aliphatic rings. The summed E-state index contributed by atoms with van der Waals surface area (Å²) in [6.07, 6.45) is 0. The van der Waals surface area contributed by atoms with Gasteiger partial charge in [-0.3, -0.25) is 9.48 Å². The number of rotatable bonds is 4. The summed E-state index contributed by atoms with van der Waals surface area (Å²) in [6.45, 7) is 4.52. The monoisotopic (exact) mass is 306 g/mol. The molecule has 2 aromatic rings. The lowest BCUT2D eigenvalue weighted by Gasteiger charge is -2.04. The molecule has 0 aliphatic carbocycles. The molecule has 1 aromatic carbocycles. The van der Waals surface area contributed by atoms with Gasteiger partial charge in [0.1, 0.15) is 0 Å². The first-order valence-electron chi connectivity index (χ1n) is 5.80. The van der Waals surface area contributed by atoms with Crippen LogP contribution in [0.5, 0.6) is 0 Å². The number of hydrogen-bond donors (Lipinski definition) is 0. The van der Waals surface area contributed by atoms with Crippen LogP contribution in [0.4, 0.5) is 0 Å². The number of aromatic nitrogens is 2. The summed E-state index contributed by atoms with van der Waals surface area (Å²) in [7, 11) is 0. The number of carbonyl (C=O) groups is 1. The predicted octanol–water partition coefficient (Wildman–Crippen LogP) is 3.13. The van der Waals surface area contributed by atoms with Crippen LogP contribution in [0.15, 0.2) is 30.3 Å². The molecule has 0 atom stereocenters. The summed E-state index contributed by atoms with van der Waals surface area (Å²) < 4.78 is 1.89. The highest BCUT2D eigenvalue weighted by Gasteiger charge is 2.17. The smallest absolute Gasteiger partial charge is 0.177 e. The van der Waals surface area contributed by atoms with Crippen molar-refractivity contribution in [1.82, 2.24) is 9.78 Å². The van der Waals surface area contributed by atoms with Crippen LogP contribution in [0.1, 0.15) is 27.3 Å². The second kappa shape index (κ2) is 5.48. The Morgan fingerprint density at radius 2 is 1.94 bits per heavy atom. The first kappa shape index (κ1) is 13.0. The van der Waals surface area contributed by atoms with Gasteiger partial charge in [0.05, 0.1) is 23.1 Å². The van der Waals surface area contributed by atoms with Gasteiger partial charge in [-0.15, -0.1) is 0 Å². The van der Waals surface area contributed by atoms with Gasteiger partial charge in [-0.1, -0.05) is 46.3 Å². The van der Waals surface area contributed by atoms with E-state index in [1.165, 1.54) is 5.56 Å². The zero-order valence-electron chi connectivity index (χ0n) is 10.5. The summed E-state index contributed by atoms with van der Waals surface area (Å²) in [4.78, 5) is 11.8. The Morgan fingerprint density at radius 1 is 1.28 bits per heavy atom. The molecule has 0 aliphatic heterocycles. The van der Waals surface area contributed by atoms with E-state index in [0.717, 1.165) is 17.0 Å². The molecule has 0 fully saturated rings. The van der Waals surface area contributed by atoms with Crippen molar-refractivity contribution in [2.75, 3.05) is 5.33 Å². The van der Waals surface area contributed by atoms with E-state index in [9.17, 15) is 4.79 Å². The van der Waals surface area contributed by atoms with Crippen molar-refractivity contribution in [2.45, 2.75) is 20.4 Å². The molecule has 94 valence electrons. The van der Waals surface area contributed by atoms with Gasteiger partial charge in [0.15, 0.2) is 5.78 Å². The van der Waals surface area contributed by atoms with E-state index in [4.69, 9.17) is 0 Å². The lowest BCUT2D eigenvalue weighted by molar-refractivity contribution is 0.102. The van der Waals surface area contributed by atoms with Gasteiger partial charge in [-0.05, 0) is 19.4 Å². The Kier molecular flexibility index (Phi) is 3.97. The highest BCUT2D eigenvalue weighted by molar-refractivity contribution is 9.09. The Bertz CT molecular complexity index is 561. The first-order valence-corrected chi connectivity index (χ1v) is 6.92. The minimum Gasteiger partial charge on any atom is -0.293 e. The standard InChI is InChI=1S/C14H15BrN2O/c1-10-14(13(18)8-15)11(2)17(16-10)9-12-6-4-3-5-7-12/h3-7H,8-9H2,1-2H3. The number of Topliss-reactive ketones (excluding diaryl/α,β-unsaturated/α-hetero) is 1. The number of carbonyl (C=O) groups excluding carboxylic acids is 1. The molecule has 3 nitrogen and oxygen atoms in total. The van der Waals surface area contributed by atoms with Crippen LogP contribution < -0.4 is 0 Å². The topological polar surface area (TPSA) is 34.9 Å². The first-order chi connectivity index (χ1) is 8.63. The van der Waals surface area contributed by atoms with Crippen LogP contribution in [0.2, 0.25) is 0 Å². The van der Waals surface area contributed by atoms with E-state index in [-0.39, 0.29) is 5.78 Å². The molecule has 0 spiro atoms. The number of alkyl halides is 1. The molecule has 18 heavy (non-hydrogen) atoms. The van der Waals surface area contributed by atoms with Crippen LogP contribution in [0.3, 0.4) is 0 Å². The summed E-state index contributed by atoms with van der Waals surface area (Å²) in [5.41, 5.74) is 3.65. The van der Waals surface area contributed by atoms with E-state index < -0.39 is 0 Å². The average Bonchev–Trinajstić information content (AvgIpc) is 2.65. The van der Waals surface area contributed by atoms with Crippen LogP contribution in [-0.4, -0.2) is 20.9 Å². The highest BCUT2D eigenvalue weighted by atomic mass is 79.9.